The summed E-state index contributed by atoms with van der Waals surface area (Å²) in [7, 11) is 6.30. The standard InChI is InChI=1S/C26H33NO6/c1-29-22-7-5-18(6-8-22)20-12-21-11-17(9-10-27(21)15-20)16-33-26(28)19-13-23(30-2)25(32-4)24(14-19)31-3/h5-8,13-14,17,20-21H,9-12,15-16H2,1-4H3/p+1/t17-,20-,21+/m1/s1. The van der Waals surface area contributed by atoms with Crippen molar-refractivity contribution in [3.8, 4) is 23.0 Å². The Morgan fingerprint density at radius 2 is 1.64 bits per heavy atom. The van der Waals surface area contributed by atoms with E-state index in [0.717, 1.165) is 25.1 Å². The zero-order chi connectivity index (χ0) is 23.4. The quantitative estimate of drug-likeness (QED) is 0.616. The summed E-state index contributed by atoms with van der Waals surface area (Å²) in [6, 6.07) is 12.4. The van der Waals surface area contributed by atoms with Gasteiger partial charge in [0.15, 0.2) is 11.5 Å². The SMILES string of the molecule is COc1ccc([C@@H]2C[C@@H]3C[C@H](COC(=O)c4cc(OC)c(OC)c(OC)c4)CC[NH+]3C2)cc1. The van der Waals surface area contributed by atoms with Crippen LogP contribution in [-0.2, 0) is 4.74 Å². The molecule has 1 unspecified atom stereocenters. The minimum atomic E-state index is -0.369. The van der Waals surface area contributed by atoms with Crippen molar-refractivity contribution in [2.75, 3.05) is 48.1 Å². The second-order valence-electron chi connectivity index (χ2n) is 8.92. The molecule has 0 amide bonds. The molecule has 2 heterocycles. The van der Waals surface area contributed by atoms with Gasteiger partial charge in [-0.15, -0.1) is 0 Å². The Labute approximate surface area is 195 Å². The number of hydrogen-bond acceptors (Lipinski definition) is 6. The van der Waals surface area contributed by atoms with Gasteiger partial charge in [0.05, 0.1) is 59.7 Å². The fourth-order valence-electron chi connectivity index (χ4n) is 5.31. The summed E-state index contributed by atoms with van der Waals surface area (Å²) in [4.78, 5) is 14.4. The van der Waals surface area contributed by atoms with E-state index < -0.39 is 0 Å². The van der Waals surface area contributed by atoms with Gasteiger partial charge in [0.2, 0.25) is 5.75 Å². The van der Waals surface area contributed by atoms with Gasteiger partial charge in [0, 0.05) is 31.1 Å². The van der Waals surface area contributed by atoms with Gasteiger partial charge in [-0.05, 0) is 29.8 Å². The van der Waals surface area contributed by atoms with Gasteiger partial charge in [-0.3, -0.25) is 0 Å². The summed E-state index contributed by atoms with van der Waals surface area (Å²) in [6.07, 6.45) is 3.34. The Balaban J connectivity index is 1.33. The molecule has 7 nitrogen and oxygen atoms in total. The van der Waals surface area contributed by atoms with Crippen LogP contribution in [0, 0.1) is 5.92 Å². The molecule has 2 fully saturated rings. The lowest BCUT2D eigenvalue weighted by atomic mass is 9.89. The number of carbonyl (C=O) groups excluding carboxylic acids is 1. The summed E-state index contributed by atoms with van der Waals surface area (Å²) in [5.41, 5.74) is 1.79. The number of piperidine rings is 1. The zero-order valence-corrected chi connectivity index (χ0v) is 19.9. The predicted molar refractivity (Wildman–Crippen MR) is 124 cm³/mol. The molecular weight excluding hydrogens is 422 g/mol. The number of fused-ring (bicyclic) bond motifs is 1. The Bertz CT molecular complexity index is 935. The first-order valence-corrected chi connectivity index (χ1v) is 11.5. The van der Waals surface area contributed by atoms with Crippen LogP contribution in [0.5, 0.6) is 23.0 Å². The average Bonchev–Trinajstić information content (AvgIpc) is 3.29. The van der Waals surface area contributed by atoms with E-state index in [1.807, 2.05) is 12.1 Å². The van der Waals surface area contributed by atoms with Crippen LogP contribution in [0.3, 0.4) is 0 Å². The Kier molecular flexibility index (Phi) is 7.28. The lowest BCUT2D eigenvalue weighted by Crippen LogP contribution is -3.14. The van der Waals surface area contributed by atoms with Crippen molar-refractivity contribution in [3.63, 3.8) is 0 Å². The van der Waals surface area contributed by atoms with Crippen LogP contribution >= 0.6 is 0 Å². The number of quaternary nitrogens is 1. The minimum Gasteiger partial charge on any atom is -0.497 e. The highest BCUT2D eigenvalue weighted by molar-refractivity contribution is 5.91. The predicted octanol–water partition coefficient (Wildman–Crippen LogP) is 2.73. The maximum Gasteiger partial charge on any atom is 0.338 e. The van der Waals surface area contributed by atoms with Crippen molar-refractivity contribution in [3.05, 3.63) is 47.5 Å². The van der Waals surface area contributed by atoms with Gasteiger partial charge in [0.1, 0.15) is 5.75 Å². The molecule has 0 aromatic heterocycles. The van der Waals surface area contributed by atoms with E-state index in [0.29, 0.717) is 47.3 Å². The third-order valence-corrected chi connectivity index (χ3v) is 7.08. The van der Waals surface area contributed by atoms with Crippen LogP contribution in [0.25, 0.3) is 0 Å². The minimum absolute atomic E-state index is 0.369. The first kappa shape index (κ1) is 23.2. The van der Waals surface area contributed by atoms with Crippen LogP contribution in [0.2, 0.25) is 0 Å². The van der Waals surface area contributed by atoms with E-state index in [-0.39, 0.29) is 5.97 Å². The summed E-state index contributed by atoms with van der Waals surface area (Å²) in [5.74, 6) is 2.84. The van der Waals surface area contributed by atoms with Gasteiger partial charge in [0.25, 0.3) is 0 Å². The molecule has 2 saturated heterocycles. The molecule has 2 aliphatic heterocycles. The third kappa shape index (κ3) is 5.03. The Morgan fingerprint density at radius 3 is 2.24 bits per heavy atom. The summed E-state index contributed by atoms with van der Waals surface area (Å²) in [5, 5.41) is 0. The molecule has 2 aromatic carbocycles. The van der Waals surface area contributed by atoms with Crippen LogP contribution in [0.15, 0.2) is 36.4 Å². The molecule has 0 saturated carbocycles. The highest BCUT2D eigenvalue weighted by Gasteiger charge is 2.41. The summed E-state index contributed by atoms with van der Waals surface area (Å²) >= 11 is 0. The lowest BCUT2D eigenvalue weighted by molar-refractivity contribution is -0.919. The highest BCUT2D eigenvalue weighted by Crippen LogP contribution is 2.38. The van der Waals surface area contributed by atoms with E-state index >= 15 is 0 Å². The first-order valence-electron chi connectivity index (χ1n) is 11.5. The topological polar surface area (TPSA) is 67.7 Å². The molecule has 4 rings (SSSR count). The summed E-state index contributed by atoms with van der Waals surface area (Å²) < 4.78 is 27.0. The zero-order valence-electron chi connectivity index (χ0n) is 19.9. The van der Waals surface area contributed by atoms with Crippen molar-refractivity contribution in [2.24, 2.45) is 5.92 Å². The molecule has 0 aliphatic carbocycles. The number of esters is 1. The molecule has 7 heteroatoms. The lowest BCUT2D eigenvalue weighted by Gasteiger charge is -2.31. The summed E-state index contributed by atoms with van der Waals surface area (Å²) in [6.45, 7) is 2.74. The van der Waals surface area contributed by atoms with E-state index in [1.165, 1.54) is 39.9 Å². The van der Waals surface area contributed by atoms with E-state index in [4.69, 9.17) is 23.7 Å². The van der Waals surface area contributed by atoms with Crippen molar-refractivity contribution in [2.45, 2.75) is 31.2 Å². The number of benzene rings is 2. The van der Waals surface area contributed by atoms with Gasteiger partial charge in [-0.1, -0.05) is 12.1 Å². The normalized spacial score (nSPS) is 24.0. The number of ether oxygens (including phenoxy) is 5. The van der Waals surface area contributed by atoms with E-state index in [9.17, 15) is 4.79 Å². The van der Waals surface area contributed by atoms with Gasteiger partial charge in [-0.25, -0.2) is 4.79 Å². The maximum atomic E-state index is 12.8. The Morgan fingerprint density at radius 1 is 0.939 bits per heavy atom. The van der Waals surface area contributed by atoms with Crippen molar-refractivity contribution < 1.29 is 33.4 Å². The van der Waals surface area contributed by atoms with Crippen molar-refractivity contribution >= 4 is 5.97 Å². The fourth-order valence-corrected chi connectivity index (χ4v) is 5.31. The highest BCUT2D eigenvalue weighted by atomic mass is 16.5. The van der Waals surface area contributed by atoms with Gasteiger partial charge < -0.3 is 28.6 Å². The van der Waals surface area contributed by atoms with Crippen molar-refractivity contribution in [1.29, 1.82) is 0 Å². The number of methoxy groups -OCH3 is 4. The molecule has 0 bridgehead atoms. The maximum absolute atomic E-state index is 12.8. The van der Waals surface area contributed by atoms with Crippen LogP contribution in [0.1, 0.15) is 41.1 Å². The number of hydrogen-bond donors (Lipinski definition) is 1. The van der Waals surface area contributed by atoms with Crippen molar-refractivity contribution in [1.82, 2.24) is 0 Å². The number of carbonyl (C=O) groups is 1. The number of rotatable bonds is 8. The second-order valence-corrected chi connectivity index (χ2v) is 8.92. The van der Waals surface area contributed by atoms with Crippen LogP contribution in [-0.4, -0.2) is 60.1 Å². The van der Waals surface area contributed by atoms with Gasteiger partial charge in [-0.2, -0.15) is 0 Å². The first-order chi connectivity index (χ1) is 16.1. The van der Waals surface area contributed by atoms with E-state index in [2.05, 4.69) is 12.1 Å². The molecule has 2 aromatic rings. The second kappa shape index (κ2) is 10.3. The average molecular weight is 457 g/mol. The van der Waals surface area contributed by atoms with Crippen LogP contribution in [0.4, 0.5) is 0 Å². The molecule has 2 aliphatic rings. The molecule has 178 valence electrons. The van der Waals surface area contributed by atoms with Crippen LogP contribution < -0.4 is 23.8 Å². The van der Waals surface area contributed by atoms with Gasteiger partial charge >= 0.3 is 5.97 Å². The molecule has 0 radical (unpaired) electrons. The fraction of sp³-hybridized carbons (Fsp3) is 0.500. The molecule has 33 heavy (non-hydrogen) atoms. The Hall–Kier alpha value is -2.93. The molecule has 1 N–H and O–H groups in total. The smallest absolute Gasteiger partial charge is 0.338 e. The third-order valence-electron chi connectivity index (χ3n) is 7.08. The monoisotopic (exact) mass is 456 g/mol. The largest absolute Gasteiger partial charge is 0.497 e. The van der Waals surface area contributed by atoms with E-state index in [1.54, 1.807) is 24.1 Å². The molecule has 0 spiro atoms. The molecule has 4 atom stereocenters. The number of nitrogens with one attached hydrogen (secondary N) is 1. The molecular formula is C26H34NO6+.